The summed E-state index contributed by atoms with van der Waals surface area (Å²) in [7, 11) is 1.94. The molecule has 1 aromatic heterocycles. The lowest BCUT2D eigenvalue weighted by molar-refractivity contribution is -0.142. The van der Waals surface area contributed by atoms with Crippen LogP contribution in [0.3, 0.4) is 0 Å². The lowest BCUT2D eigenvalue weighted by atomic mass is 10.2. The van der Waals surface area contributed by atoms with Gasteiger partial charge in [-0.25, -0.2) is 4.98 Å². The third-order valence-corrected chi connectivity index (χ3v) is 4.52. The Hall–Kier alpha value is -1.46. The summed E-state index contributed by atoms with van der Waals surface area (Å²) in [4.78, 5) is 16.7. The van der Waals surface area contributed by atoms with E-state index in [0.29, 0.717) is 5.02 Å². The molecule has 0 saturated carbocycles. The molecule has 0 N–H and O–H groups in total. The number of benzene rings is 1. The lowest BCUT2D eigenvalue weighted by Gasteiger charge is -2.09. The van der Waals surface area contributed by atoms with E-state index in [-0.39, 0.29) is 18.5 Å². The predicted molar refractivity (Wildman–Crippen MR) is 88.3 cm³/mol. The fraction of sp³-hybridized carbons (Fsp3) is 0.375. The standard InChI is InChI=1S/C16H19ClN2O2S/c1-10(2)15-16(22-13-7-5-6-12(17)8-13)19(4)14(18-15)9-21-11(3)20/h5-8,10H,9H2,1-4H3. The molecule has 0 atom stereocenters. The smallest absolute Gasteiger partial charge is 0.303 e. The van der Waals surface area contributed by atoms with Crippen LogP contribution in [0.2, 0.25) is 5.02 Å². The van der Waals surface area contributed by atoms with Crippen LogP contribution in [-0.2, 0) is 23.2 Å². The predicted octanol–water partition coefficient (Wildman–Crippen LogP) is 4.41. The van der Waals surface area contributed by atoms with Gasteiger partial charge in [-0.15, -0.1) is 0 Å². The van der Waals surface area contributed by atoms with E-state index >= 15 is 0 Å². The molecule has 0 fully saturated rings. The van der Waals surface area contributed by atoms with Gasteiger partial charge in [0.05, 0.1) is 5.69 Å². The molecule has 0 radical (unpaired) electrons. The van der Waals surface area contributed by atoms with Crippen LogP contribution >= 0.6 is 23.4 Å². The van der Waals surface area contributed by atoms with Crippen molar-refractivity contribution in [2.45, 2.75) is 43.2 Å². The Labute approximate surface area is 139 Å². The summed E-state index contributed by atoms with van der Waals surface area (Å²) < 4.78 is 7.05. The van der Waals surface area contributed by atoms with E-state index in [9.17, 15) is 4.79 Å². The number of esters is 1. The number of ether oxygens (including phenoxy) is 1. The Morgan fingerprint density at radius 3 is 2.77 bits per heavy atom. The number of halogens is 1. The molecule has 0 bridgehead atoms. The van der Waals surface area contributed by atoms with E-state index < -0.39 is 0 Å². The molecule has 118 valence electrons. The fourth-order valence-electron chi connectivity index (χ4n) is 1.99. The highest BCUT2D eigenvalue weighted by Crippen LogP contribution is 2.35. The van der Waals surface area contributed by atoms with Crippen molar-refractivity contribution in [3.63, 3.8) is 0 Å². The highest BCUT2D eigenvalue weighted by Gasteiger charge is 2.19. The maximum atomic E-state index is 11.0. The molecule has 0 aliphatic rings. The van der Waals surface area contributed by atoms with Gasteiger partial charge in [0.15, 0.2) is 0 Å². The molecule has 0 aliphatic heterocycles. The molecule has 22 heavy (non-hydrogen) atoms. The van der Waals surface area contributed by atoms with Gasteiger partial charge in [-0.1, -0.05) is 43.3 Å². The maximum absolute atomic E-state index is 11.0. The van der Waals surface area contributed by atoms with E-state index in [4.69, 9.17) is 16.3 Å². The van der Waals surface area contributed by atoms with Gasteiger partial charge in [0, 0.05) is 23.9 Å². The van der Waals surface area contributed by atoms with Crippen LogP contribution in [0.25, 0.3) is 0 Å². The molecule has 2 aromatic rings. The number of carbonyl (C=O) groups is 1. The average molecular weight is 339 g/mol. The zero-order chi connectivity index (χ0) is 16.3. The molecular formula is C16H19ClN2O2S. The van der Waals surface area contributed by atoms with Crippen molar-refractivity contribution in [2.75, 3.05) is 0 Å². The zero-order valence-electron chi connectivity index (χ0n) is 13.1. The molecule has 2 rings (SSSR count). The third-order valence-electron chi connectivity index (χ3n) is 3.12. The van der Waals surface area contributed by atoms with Crippen LogP contribution in [0.1, 0.15) is 38.2 Å². The Bertz CT molecular complexity index is 683. The highest BCUT2D eigenvalue weighted by atomic mass is 35.5. The van der Waals surface area contributed by atoms with Crippen LogP contribution in [0.4, 0.5) is 0 Å². The minimum atomic E-state index is -0.307. The monoisotopic (exact) mass is 338 g/mol. The topological polar surface area (TPSA) is 44.1 Å². The number of carbonyl (C=O) groups excluding carboxylic acids is 1. The average Bonchev–Trinajstić information content (AvgIpc) is 2.74. The molecule has 6 heteroatoms. The molecule has 0 saturated heterocycles. The first kappa shape index (κ1) is 16.9. The Morgan fingerprint density at radius 2 is 2.18 bits per heavy atom. The summed E-state index contributed by atoms with van der Waals surface area (Å²) in [6.07, 6.45) is 0. The van der Waals surface area contributed by atoms with Gasteiger partial charge in [-0.05, 0) is 24.1 Å². The summed E-state index contributed by atoms with van der Waals surface area (Å²) in [6.45, 7) is 5.77. The van der Waals surface area contributed by atoms with Gasteiger partial charge in [0.25, 0.3) is 0 Å². The summed E-state index contributed by atoms with van der Waals surface area (Å²) in [6, 6.07) is 7.72. The zero-order valence-corrected chi connectivity index (χ0v) is 14.7. The molecule has 1 aromatic carbocycles. The number of hydrogen-bond acceptors (Lipinski definition) is 4. The van der Waals surface area contributed by atoms with E-state index in [1.807, 2.05) is 35.9 Å². The highest BCUT2D eigenvalue weighted by molar-refractivity contribution is 7.99. The molecule has 1 heterocycles. The molecule has 4 nitrogen and oxygen atoms in total. The molecule has 0 unspecified atom stereocenters. The molecular weight excluding hydrogens is 320 g/mol. The number of aromatic nitrogens is 2. The van der Waals surface area contributed by atoms with E-state index in [1.54, 1.807) is 11.8 Å². The lowest BCUT2D eigenvalue weighted by Crippen LogP contribution is -2.05. The Morgan fingerprint density at radius 1 is 1.45 bits per heavy atom. The first-order valence-corrected chi connectivity index (χ1v) is 8.20. The van der Waals surface area contributed by atoms with Crippen molar-refractivity contribution in [1.82, 2.24) is 9.55 Å². The third kappa shape index (κ3) is 4.05. The molecule has 0 aliphatic carbocycles. The maximum Gasteiger partial charge on any atom is 0.303 e. The minimum absolute atomic E-state index is 0.182. The van der Waals surface area contributed by atoms with Gasteiger partial charge in [-0.3, -0.25) is 4.79 Å². The van der Waals surface area contributed by atoms with Crippen LogP contribution in [0, 0.1) is 0 Å². The minimum Gasteiger partial charge on any atom is -0.458 e. The SMILES string of the molecule is CC(=O)OCc1nc(C(C)C)c(Sc2cccc(Cl)c2)n1C. The second-order valence-corrected chi connectivity index (χ2v) is 6.77. The molecule has 0 amide bonds. The quantitative estimate of drug-likeness (QED) is 0.757. The first-order valence-electron chi connectivity index (χ1n) is 7.00. The summed E-state index contributed by atoms with van der Waals surface area (Å²) in [5, 5.41) is 1.75. The van der Waals surface area contributed by atoms with Gasteiger partial charge in [-0.2, -0.15) is 0 Å². The summed E-state index contributed by atoms with van der Waals surface area (Å²) in [5.41, 5.74) is 0.995. The summed E-state index contributed by atoms with van der Waals surface area (Å²) >= 11 is 7.66. The number of rotatable bonds is 5. The van der Waals surface area contributed by atoms with Crippen LogP contribution in [0.5, 0.6) is 0 Å². The van der Waals surface area contributed by atoms with Crippen LogP contribution in [-0.4, -0.2) is 15.5 Å². The largest absolute Gasteiger partial charge is 0.458 e. The van der Waals surface area contributed by atoms with Crippen molar-refractivity contribution in [2.24, 2.45) is 7.05 Å². The number of nitrogens with zero attached hydrogens (tertiary/aromatic N) is 2. The van der Waals surface area contributed by atoms with Gasteiger partial charge in [0.2, 0.25) is 0 Å². The van der Waals surface area contributed by atoms with Crippen molar-refractivity contribution in [3.05, 3.63) is 40.8 Å². The van der Waals surface area contributed by atoms with Crippen molar-refractivity contribution < 1.29 is 9.53 Å². The number of imidazole rings is 1. The second kappa shape index (κ2) is 7.20. The van der Waals surface area contributed by atoms with Gasteiger partial charge < -0.3 is 9.30 Å². The van der Waals surface area contributed by atoms with Gasteiger partial charge >= 0.3 is 5.97 Å². The normalized spacial score (nSPS) is 11.0. The Kier molecular flexibility index (Phi) is 5.53. The second-order valence-electron chi connectivity index (χ2n) is 5.27. The number of hydrogen-bond donors (Lipinski definition) is 0. The van der Waals surface area contributed by atoms with Crippen molar-refractivity contribution in [1.29, 1.82) is 0 Å². The van der Waals surface area contributed by atoms with E-state index in [0.717, 1.165) is 21.4 Å². The van der Waals surface area contributed by atoms with E-state index in [1.165, 1.54) is 6.92 Å². The summed E-state index contributed by atoms with van der Waals surface area (Å²) in [5.74, 6) is 0.709. The van der Waals surface area contributed by atoms with Gasteiger partial charge in [0.1, 0.15) is 17.5 Å². The van der Waals surface area contributed by atoms with E-state index in [2.05, 4.69) is 18.8 Å². The Balaban J connectivity index is 2.34. The fourth-order valence-corrected chi connectivity index (χ4v) is 3.42. The van der Waals surface area contributed by atoms with Crippen LogP contribution in [0.15, 0.2) is 34.2 Å². The van der Waals surface area contributed by atoms with Crippen molar-refractivity contribution in [3.8, 4) is 0 Å². The van der Waals surface area contributed by atoms with Crippen molar-refractivity contribution >= 4 is 29.3 Å². The van der Waals surface area contributed by atoms with Crippen LogP contribution < -0.4 is 0 Å². The first-order chi connectivity index (χ1) is 10.4. The molecule has 0 spiro atoms.